The SMILES string of the molecule is CN1CCC(=C2c3ccccc3CSc3ccccc32)CC1. The van der Waals surface area contributed by atoms with E-state index in [1.54, 1.807) is 5.57 Å². The molecule has 2 aromatic rings. The van der Waals surface area contributed by atoms with Crippen LogP contribution in [0.2, 0.25) is 0 Å². The van der Waals surface area contributed by atoms with Crippen molar-refractivity contribution >= 4 is 17.3 Å². The van der Waals surface area contributed by atoms with Crippen molar-refractivity contribution in [3.05, 3.63) is 70.8 Å². The summed E-state index contributed by atoms with van der Waals surface area (Å²) < 4.78 is 0. The Morgan fingerprint density at radius 3 is 2.36 bits per heavy atom. The van der Waals surface area contributed by atoms with Gasteiger partial charge in [0.1, 0.15) is 0 Å². The third kappa shape index (κ3) is 2.51. The van der Waals surface area contributed by atoms with E-state index in [1.807, 2.05) is 11.8 Å². The van der Waals surface area contributed by atoms with Gasteiger partial charge in [-0.1, -0.05) is 48.0 Å². The van der Waals surface area contributed by atoms with Gasteiger partial charge in [-0.3, -0.25) is 0 Å². The topological polar surface area (TPSA) is 3.24 Å². The lowest BCUT2D eigenvalue weighted by Gasteiger charge is -2.27. The van der Waals surface area contributed by atoms with E-state index in [9.17, 15) is 0 Å². The Labute approximate surface area is 137 Å². The lowest BCUT2D eigenvalue weighted by Crippen LogP contribution is -2.27. The molecule has 0 saturated carbocycles. The van der Waals surface area contributed by atoms with Crippen LogP contribution in [0.1, 0.15) is 29.5 Å². The van der Waals surface area contributed by atoms with E-state index in [0.717, 1.165) is 5.75 Å². The zero-order valence-electron chi connectivity index (χ0n) is 13.0. The lowest BCUT2D eigenvalue weighted by atomic mass is 9.87. The van der Waals surface area contributed by atoms with Gasteiger partial charge in [0.25, 0.3) is 0 Å². The average Bonchev–Trinajstić information content (AvgIpc) is 2.73. The molecule has 0 unspecified atom stereocenters. The molecule has 0 aliphatic carbocycles. The van der Waals surface area contributed by atoms with Crippen molar-refractivity contribution in [2.45, 2.75) is 23.5 Å². The van der Waals surface area contributed by atoms with Crippen LogP contribution in [0.15, 0.2) is 59.0 Å². The van der Waals surface area contributed by atoms with E-state index in [4.69, 9.17) is 0 Å². The van der Waals surface area contributed by atoms with Gasteiger partial charge in [-0.25, -0.2) is 0 Å². The Morgan fingerprint density at radius 2 is 1.55 bits per heavy atom. The molecule has 22 heavy (non-hydrogen) atoms. The summed E-state index contributed by atoms with van der Waals surface area (Å²) in [6, 6.07) is 17.9. The minimum Gasteiger partial charge on any atom is -0.306 e. The maximum atomic E-state index is 2.44. The van der Waals surface area contributed by atoms with Crippen molar-refractivity contribution in [3.63, 3.8) is 0 Å². The summed E-state index contributed by atoms with van der Waals surface area (Å²) in [5.41, 5.74) is 7.53. The Bertz CT molecular complexity index is 672. The van der Waals surface area contributed by atoms with E-state index in [0.29, 0.717) is 0 Å². The number of piperidine rings is 1. The number of fused-ring (bicyclic) bond motifs is 2. The molecule has 2 aliphatic heterocycles. The second-order valence-electron chi connectivity index (χ2n) is 6.22. The summed E-state index contributed by atoms with van der Waals surface area (Å²) >= 11 is 1.98. The molecule has 0 radical (unpaired) electrons. The third-order valence-corrected chi connectivity index (χ3v) is 5.89. The molecule has 0 spiro atoms. The fraction of sp³-hybridized carbons (Fsp3) is 0.300. The van der Waals surface area contributed by atoms with Crippen LogP contribution in [0, 0.1) is 0 Å². The molecule has 1 nitrogen and oxygen atoms in total. The molecule has 4 rings (SSSR count). The Balaban J connectivity index is 1.93. The number of likely N-dealkylation sites (tertiary alicyclic amines) is 1. The Morgan fingerprint density at radius 1 is 0.864 bits per heavy atom. The zero-order valence-corrected chi connectivity index (χ0v) is 13.8. The van der Waals surface area contributed by atoms with Crippen LogP contribution in [-0.4, -0.2) is 25.0 Å². The van der Waals surface area contributed by atoms with E-state index in [-0.39, 0.29) is 0 Å². The number of benzene rings is 2. The molecule has 0 atom stereocenters. The standard InChI is InChI=1S/C20H21NS/c1-21-12-10-15(11-13-21)20-17-7-3-2-6-16(17)14-22-19-9-5-4-8-18(19)20/h2-9H,10-14H2,1H3. The van der Waals surface area contributed by atoms with Crippen molar-refractivity contribution in [1.82, 2.24) is 4.90 Å². The predicted octanol–water partition coefficient (Wildman–Crippen LogP) is 4.82. The maximum absolute atomic E-state index is 2.44. The van der Waals surface area contributed by atoms with Gasteiger partial charge in [0.15, 0.2) is 0 Å². The van der Waals surface area contributed by atoms with Gasteiger partial charge >= 0.3 is 0 Å². The van der Waals surface area contributed by atoms with E-state index >= 15 is 0 Å². The first-order chi connectivity index (χ1) is 10.8. The second-order valence-corrected chi connectivity index (χ2v) is 7.24. The van der Waals surface area contributed by atoms with Crippen molar-refractivity contribution in [2.75, 3.05) is 20.1 Å². The molecule has 0 aromatic heterocycles. The first-order valence-electron chi connectivity index (χ1n) is 8.04. The summed E-state index contributed by atoms with van der Waals surface area (Å²) in [6.45, 7) is 2.35. The number of hydrogen-bond acceptors (Lipinski definition) is 2. The van der Waals surface area contributed by atoms with Crippen LogP contribution in [-0.2, 0) is 5.75 Å². The van der Waals surface area contributed by atoms with Crippen molar-refractivity contribution < 1.29 is 0 Å². The van der Waals surface area contributed by atoms with Gasteiger partial charge in [-0.05, 0) is 48.2 Å². The first-order valence-corrected chi connectivity index (χ1v) is 9.02. The second kappa shape index (κ2) is 5.94. The van der Waals surface area contributed by atoms with Gasteiger partial charge in [-0.15, -0.1) is 11.8 Å². The summed E-state index contributed by atoms with van der Waals surface area (Å²) in [4.78, 5) is 3.87. The zero-order chi connectivity index (χ0) is 14.9. The summed E-state index contributed by atoms with van der Waals surface area (Å²) in [5.74, 6) is 1.07. The van der Waals surface area contributed by atoms with Crippen molar-refractivity contribution in [2.24, 2.45) is 0 Å². The molecule has 112 valence electrons. The molecule has 1 fully saturated rings. The molecule has 1 saturated heterocycles. The molecule has 0 N–H and O–H groups in total. The highest BCUT2D eigenvalue weighted by molar-refractivity contribution is 7.98. The van der Waals surface area contributed by atoms with Crippen LogP contribution in [0.4, 0.5) is 0 Å². The van der Waals surface area contributed by atoms with Crippen LogP contribution < -0.4 is 0 Å². The normalized spacial score (nSPS) is 18.6. The van der Waals surface area contributed by atoms with Gasteiger partial charge < -0.3 is 4.90 Å². The van der Waals surface area contributed by atoms with E-state index in [1.165, 1.54) is 53.1 Å². The monoisotopic (exact) mass is 307 g/mol. The largest absolute Gasteiger partial charge is 0.306 e. The molecule has 2 heterocycles. The highest BCUT2D eigenvalue weighted by Gasteiger charge is 2.22. The number of thioether (sulfide) groups is 1. The highest BCUT2D eigenvalue weighted by Crippen LogP contribution is 2.42. The average molecular weight is 307 g/mol. The molecular formula is C20H21NS. The lowest BCUT2D eigenvalue weighted by molar-refractivity contribution is 0.313. The van der Waals surface area contributed by atoms with Gasteiger partial charge in [-0.2, -0.15) is 0 Å². The molecular weight excluding hydrogens is 286 g/mol. The van der Waals surface area contributed by atoms with Crippen LogP contribution in [0.25, 0.3) is 5.57 Å². The third-order valence-electron chi connectivity index (χ3n) is 4.77. The van der Waals surface area contributed by atoms with E-state index in [2.05, 4.69) is 60.5 Å². The van der Waals surface area contributed by atoms with Crippen LogP contribution in [0.3, 0.4) is 0 Å². The minimum absolute atomic E-state index is 1.07. The smallest absolute Gasteiger partial charge is 0.0238 e. The summed E-state index contributed by atoms with van der Waals surface area (Å²) in [7, 11) is 2.23. The van der Waals surface area contributed by atoms with Crippen LogP contribution in [0.5, 0.6) is 0 Å². The summed E-state index contributed by atoms with van der Waals surface area (Å²) in [6.07, 6.45) is 2.39. The Kier molecular flexibility index (Phi) is 3.81. The fourth-order valence-electron chi connectivity index (χ4n) is 3.51. The number of rotatable bonds is 0. The van der Waals surface area contributed by atoms with Crippen molar-refractivity contribution in [1.29, 1.82) is 0 Å². The van der Waals surface area contributed by atoms with Crippen LogP contribution >= 0.6 is 11.8 Å². The van der Waals surface area contributed by atoms with E-state index < -0.39 is 0 Å². The highest BCUT2D eigenvalue weighted by atomic mass is 32.2. The minimum atomic E-state index is 1.07. The van der Waals surface area contributed by atoms with Gasteiger partial charge in [0, 0.05) is 23.7 Å². The first kappa shape index (κ1) is 14.1. The predicted molar refractivity (Wildman–Crippen MR) is 95.2 cm³/mol. The molecule has 2 heteroatoms. The molecule has 0 amide bonds. The van der Waals surface area contributed by atoms with Gasteiger partial charge in [0.2, 0.25) is 0 Å². The fourth-order valence-corrected chi connectivity index (χ4v) is 4.57. The Hall–Kier alpha value is -1.51. The number of hydrogen-bond donors (Lipinski definition) is 0. The molecule has 2 aliphatic rings. The molecule has 2 aromatic carbocycles. The van der Waals surface area contributed by atoms with Crippen molar-refractivity contribution in [3.8, 4) is 0 Å². The quantitative estimate of drug-likeness (QED) is 0.686. The maximum Gasteiger partial charge on any atom is 0.0238 e. The number of nitrogens with zero attached hydrogens (tertiary/aromatic N) is 1. The van der Waals surface area contributed by atoms with Gasteiger partial charge in [0.05, 0.1) is 0 Å². The summed E-state index contributed by atoms with van der Waals surface area (Å²) in [5, 5.41) is 0. The molecule has 0 bridgehead atoms.